The van der Waals surface area contributed by atoms with Crippen LogP contribution in [0.25, 0.3) is 0 Å². The number of hydrogen-bond acceptors (Lipinski definition) is 3. The smallest absolute Gasteiger partial charge is 0.236 e. The fourth-order valence-electron chi connectivity index (χ4n) is 1.37. The van der Waals surface area contributed by atoms with Crippen molar-refractivity contribution in [3.63, 3.8) is 0 Å². The number of halogens is 1. The normalized spacial score (nSPS) is 14.1. The van der Waals surface area contributed by atoms with Crippen LogP contribution in [0, 0.1) is 5.82 Å². The van der Waals surface area contributed by atoms with Crippen molar-refractivity contribution in [2.75, 3.05) is 13.7 Å². The zero-order valence-electron chi connectivity index (χ0n) is 9.94. The van der Waals surface area contributed by atoms with Gasteiger partial charge in [-0.25, -0.2) is 4.39 Å². The summed E-state index contributed by atoms with van der Waals surface area (Å²) in [6.45, 7) is 1.91. The molecule has 1 amide bonds. The van der Waals surface area contributed by atoms with Gasteiger partial charge < -0.3 is 15.8 Å². The maximum atomic E-state index is 12.7. The Morgan fingerprint density at radius 2 is 2.06 bits per heavy atom. The highest BCUT2D eigenvalue weighted by Crippen LogP contribution is 2.15. The quantitative estimate of drug-likeness (QED) is 0.806. The van der Waals surface area contributed by atoms with E-state index in [2.05, 4.69) is 5.32 Å². The van der Waals surface area contributed by atoms with Crippen LogP contribution in [0.4, 0.5) is 4.39 Å². The summed E-state index contributed by atoms with van der Waals surface area (Å²) < 4.78 is 18.0. The van der Waals surface area contributed by atoms with E-state index in [1.165, 1.54) is 19.2 Å². The fourth-order valence-corrected chi connectivity index (χ4v) is 1.37. The predicted octanol–water partition coefficient (Wildman–Crippen LogP) is 0.977. The Morgan fingerprint density at radius 1 is 1.47 bits per heavy atom. The number of methoxy groups -OCH3 is 1. The van der Waals surface area contributed by atoms with Crippen molar-refractivity contribution in [1.29, 1.82) is 0 Å². The van der Waals surface area contributed by atoms with Gasteiger partial charge in [0.05, 0.1) is 12.1 Å². The van der Waals surface area contributed by atoms with Crippen LogP contribution < -0.4 is 11.1 Å². The van der Waals surface area contributed by atoms with Gasteiger partial charge in [0.15, 0.2) is 0 Å². The molecule has 1 unspecified atom stereocenters. The monoisotopic (exact) mass is 240 g/mol. The van der Waals surface area contributed by atoms with Gasteiger partial charge in [-0.3, -0.25) is 4.79 Å². The van der Waals surface area contributed by atoms with E-state index in [9.17, 15) is 9.18 Å². The predicted molar refractivity (Wildman–Crippen MR) is 62.8 cm³/mol. The lowest BCUT2D eigenvalue weighted by Crippen LogP contribution is -2.40. The van der Waals surface area contributed by atoms with E-state index in [1.807, 2.05) is 0 Å². The first-order valence-corrected chi connectivity index (χ1v) is 5.36. The molecular formula is C12H17FN2O2. The summed E-state index contributed by atoms with van der Waals surface area (Å²) >= 11 is 0. The lowest BCUT2D eigenvalue weighted by molar-refractivity contribution is -0.122. The minimum absolute atomic E-state index is 0.242. The van der Waals surface area contributed by atoms with Gasteiger partial charge in [-0.2, -0.15) is 0 Å². The van der Waals surface area contributed by atoms with Gasteiger partial charge in [-0.15, -0.1) is 0 Å². The highest BCUT2D eigenvalue weighted by atomic mass is 19.1. The molecule has 0 saturated heterocycles. The molecule has 1 rings (SSSR count). The number of amides is 1. The molecule has 0 heterocycles. The average molecular weight is 240 g/mol. The number of nitrogens with one attached hydrogen (secondary N) is 1. The van der Waals surface area contributed by atoms with Gasteiger partial charge in [0.1, 0.15) is 5.82 Å². The maximum absolute atomic E-state index is 12.7. The van der Waals surface area contributed by atoms with Crippen molar-refractivity contribution in [2.45, 2.75) is 19.1 Å². The molecule has 0 saturated carbocycles. The standard InChI is InChI=1S/C12H17FN2O2/c1-8(14)12(16)15-7-11(17-2)9-3-5-10(13)6-4-9/h3-6,8,11H,7,14H2,1-2H3,(H,15,16)/t8-,11?/m0/s1. The van der Waals surface area contributed by atoms with Crippen molar-refractivity contribution in [3.05, 3.63) is 35.6 Å². The van der Waals surface area contributed by atoms with Gasteiger partial charge in [-0.05, 0) is 24.6 Å². The molecule has 94 valence electrons. The molecule has 0 aliphatic carbocycles. The van der Waals surface area contributed by atoms with Gasteiger partial charge >= 0.3 is 0 Å². The van der Waals surface area contributed by atoms with Crippen molar-refractivity contribution >= 4 is 5.91 Å². The van der Waals surface area contributed by atoms with Crippen LogP contribution in [-0.4, -0.2) is 25.6 Å². The Labute approximate surface area is 100.0 Å². The Morgan fingerprint density at radius 3 is 2.53 bits per heavy atom. The van der Waals surface area contributed by atoms with Crippen molar-refractivity contribution in [1.82, 2.24) is 5.32 Å². The fraction of sp³-hybridized carbons (Fsp3) is 0.417. The zero-order valence-corrected chi connectivity index (χ0v) is 9.94. The summed E-state index contributed by atoms with van der Waals surface area (Å²) in [4.78, 5) is 11.3. The maximum Gasteiger partial charge on any atom is 0.236 e. The Balaban J connectivity index is 2.60. The number of ether oxygens (including phenoxy) is 1. The van der Waals surface area contributed by atoms with Crippen LogP contribution in [0.3, 0.4) is 0 Å². The first-order valence-electron chi connectivity index (χ1n) is 5.36. The molecule has 0 fully saturated rings. The third-order valence-corrected chi connectivity index (χ3v) is 2.40. The first kappa shape index (κ1) is 13.6. The topological polar surface area (TPSA) is 64.3 Å². The van der Waals surface area contributed by atoms with E-state index in [-0.39, 0.29) is 17.8 Å². The van der Waals surface area contributed by atoms with Crippen LogP contribution in [0.1, 0.15) is 18.6 Å². The molecule has 17 heavy (non-hydrogen) atoms. The van der Waals surface area contributed by atoms with Gasteiger partial charge in [0.25, 0.3) is 0 Å². The largest absolute Gasteiger partial charge is 0.375 e. The summed E-state index contributed by atoms with van der Waals surface area (Å²) in [5.74, 6) is -0.544. The highest BCUT2D eigenvalue weighted by Gasteiger charge is 2.13. The number of nitrogens with two attached hydrogens (primary N) is 1. The number of benzene rings is 1. The van der Waals surface area contributed by atoms with Gasteiger partial charge in [0, 0.05) is 13.7 Å². The minimum atomic E-state index is -0.555. The molecular weight excluding hydrogens is 223 g/mol. The second kappa shape index (κ2) is 6.32. The molecule has 2 atom stereocenters. The number of hydrogen-bond donors (Lipinski definition) is 2. The molecule has 4 nitrogen and oxygen atoms in total. The molecule has 0 radical (unpaired) electrons. The van der Waals surface area contributed by atoms with Crippen LogP contribution in [0.2, 0.25) is 0 Å². The second-order valence-electron chi connectivity index (χ2n) is 3.81. The van der Waals surface area contributed by atoms with Gasteiger partial charge in [0.2, 0.25) is 5.91 Å². The Hall–Kier alpha value is -1.46. The van der Waals surface area contributed by atoms with E-state index in [4.69, 9.17) is 10.5 Å². The molecule has 5 heteroatoms. The molecule has 0 aliphatic rings. The molecule has 1 aromatic carbocycles. The summed E-state index contributed by atoms with van der Waals surface area (Å²) in [5.41, 5.74) is 6.22. The summed E-state index contributed by atoms with van der Waals surface area (Å²) in [6, 6.07) is 5.41. The summed E-state index contributed by atoms with van der Waals surface area (Å²) in [5, 5.41) is 2.66. The molecule has 1 aromatic rings. The summed E-state index contributed by atoms with van der Waals surface area (Å²) in [6.07, 6.45) is -0.307. The SMILES string of the molecule is COC(CNC(=O)[C@H](C)N)c1ccc(F)cc1. The number of rotatable bonds is 5. The molecule has 3 N–H and O–H groups in total. The average Bonchev–Trinajstić information content (AvgIpc) is 2.31. The third kappa shape index (κ3) is 4.13. The van der Waals surface area contributed by atoms with Gasteiger partial charge in [-0.1, -0.05) is 12.1 Å². The number of carbonyl (C=O) groups excluding carboxylic acids is 1. The Bertz CT molecular complexity index is 365. The highest BCUT2D eigenvalue weighted by molar-refractivity contribution is 5.80. The van der Waals surface area contributed by atoms with E-state index in [0.717, 1.165) is 5.56 Å². The number of carbonyl (C=O) groups is 1. The van der Waals surface area contributed by atoms with E-state index in [1.54, 1.807) is 19.1 Å². The molecule has 0 spiro atoms. The zero-order chi connectivity index (χ0) is 12.8. The van der Waals surface area contributed by atoms with Crippen LogP contribution >= 0.6 is 0 Å². The van der Waals surface area contributed by atoms with Crippen molar-refractivity contribution in [3.8, 4) is 0 Å². The van der Waals surface area contributed by atoms with E-state index < -0.39 is 6.04 Å². The third-order valence-electron chi connectivity index (χ3n) is 2.40. The summed E-state index contributed by atoms with van der Waals surface area (Å²) in [7, 11) is 1.53. The minimum Gasteiger partial charge on any atom is -0.375 e. The lowest BCUT2D eigenvalue weighted by atomic mass is 10.1. The van der Waals surface area contributed by atoms with E-state index in [0.29, 0.717) is 6.54 Å². The second-order valence-corrected chi connectivity index (χ2v) is 3.81. The van der Waals surface area contributed by atoms with E-state index >= 15 is 0 Å². The molecule has 0 aromatic heterocycles. The molecule has 0 aliphatic heterocycles. The lowest BCUT2D eigenvalue weighted by Gasteiger charge is -2.17. The van der Waals surface area contributed by atoms with Crippen LogP contribution in [0.15, 0.2) is 24.3 Å². The van der Waals surface area contributed by atoms with Crippen molar-refractivity contribution < 1.29 is 13.9 Å². The first-order chi connectivity index (χ1) is 8.04. The molecule has 0 bridgehead atoms. The van der Waals surface area contributed by atoms with Crippen LogP contribution in [-0.2, 0) is 9.53 Å². The van der Waals surface area contributed by atoms with Crippen LogP contribution in [0.5, 0.6) is 0 Å². The van der Waals surface area contributed by atoms with Crippen molar-refractivity contribution in [2.24, 2.45) is 5.73 Å². The Kier molecular flexibility index (Phi) is 5.06.